The van der Waals surface area contributed by atoms with Crippen molar-refractivity contribution in [3.05, 3.63) is 69.4 Å². The van der Waals surface area contributed by atoms with Gasteiger partial charge < -0.3 is 5.32 Å². The van der Waals surface area contributed by atoms with Crippen molar-refractivity contribution in [2.75, 3.05) is 0 Å². The Morgan fingerprint density at radius 2 is 1.95 bits per heavy atom. The molecule has 1 nitrogen and oxygen atoms in total. The van der Waals surface area contributed by atoms with E-state index in [9.17, 15) is 4.39 Å². The SMILES string of the molecule is Cc1ccc(F)c(CN[C@@H](C)c2ccccc2Br)c1. The number of nitrogens with one attached hydrogen (secondary N) is 1. The molecule has 0 heterocycles. The van der Waals surface area contributed by atoms with Gasteiger partial charge in [-0.3, -0.25) is 0 Å². The maximum Gasteiger partial charge on any atom is 0.127 e. The smallest absolute Gasteiger partial charge is 0.127 e. The van der Waals surface area contributed by atoms with Crippen LogP contribution >= 0.6 is 15.9 Å². The van der Waals surface area contributed by atoms with Gasteiger partial charge in [0, 0.05) is 22.6 Å². The Morgan fingerprint density at radius 1 is 1.21 bits per heavy atom. The monoisotopic (exact) mass is 321 g/mol. The maximum atomic E-state index is 13.7. The van der Waals surface area contributed by atoms with E-state index in [4.69, 9.17) is 0 Å². The molecule has 0 aliphatic carbocycles. The van der Waals surface area contributed by atoms with Crippen LogP contribution in [-0.4, -0.2) is 0 Å². The summed E-state index contributed by atoms with van der Waals surface area (Å²) in [5.41, 5.74) is 2.96. The van der Waals surface area contributed by atoms with E-state index in [1.165, 1.54) is 11.6 Å². The number of hydrogen-bond acceptors (Lipinski definition) is 1. The fourth-order valence-corrected chi connectivity index (χ4v) is 2.67. The molecule has 1 atom stereocenters. The number of benzene rings is 2. The largest absolute Gasteiger partial charge is 0.306 e. The van der Waals surface area contributed by atoms with E-state index in [1.54, 1.807) is 6.07 Å². The van der Waals surface area contributed by atoms with Crippen LogP contribution in [0.15, 0.2) is 46.9 Å². The summed E-state index contributed by atoms with van der Waals surface area (Å²) in [6, 6.07) is 13.4. The van der Waals surface area contributed by atoms with E-state index in [-0.39, 0.29) is 11.9 Å². The Labute approximate surface area is 122 Å². The molecule has 0 aliphatic rings. The fourth-order valence-electron chi connectivity index (χ4n) is 2.04. The quantitative estimate of drug-likeness (QED) is 0.857. The maximum absolute atomic E-state index is 13.7. The minimum atomic E-state index is -0.155. The molecule has 2 rings (SSSR count). The molecule has 0 fully saturated rings. The molecule has 0 unspecified atom stereocenters. The van der Waals surface area contributed by atoms with Crippen LogP contribution < -0.4 is 5.32 Å². The second-order valence-electron chi connectivity index (χ2n) is 4.72. The van der Waals surface area contributed by atoms with Crippen molar-refractivity contribution in [3.8, 4) is 0 Å². The Balaban J connectivity index is 2.06. The van der Waals surface area contributed by atoms with E-state index in [0.717, 1.165) is 10.0 Å². The average molecular weight is 322 g/mol. The normalized spacial score (nSPS) is 12.4. The van der Waals surface area contributed by atoms with Crippen LogP contribution in [-0.2, 0) is 6.54 Å². The zero-order valence-corrected chi connectivity index (χ0v) is 12.7. The van der Waals surface area contributed by atoms with Crippen LogP contribution in [0.4, 0.5) is 4.39 Å². The molecular formula is C16H17BrFN. The van der Waals surface area contributed by atoms with Gasteiger partial charge >= 0.3 is 0 Å². The average Bonchev–Trinajstić information content (AvgIpc) is 2.40. The summed E-state index contributed by atoms with van der Waals surface area (Å²) in [6.45, 7) is 4.57. The first-order valence-electron chi connectivity index (χ1n) is 6.31. The van der Waals surface area contributed by atoms with Crippen LogP contribution in [0.5, 0.6) is 0 Å². The first kappa shape index (κ1) is 14.2. The lowest BCUT2D eigenvalue weighted by Gasteiger charge is -2.16. The third-order valence-corrected chi connectivity index (χ3v) is 3.89. The van der Waals surface area contributed by atoms with Gasteiger partial charge in [-0.25, -0.2) is 4.39 Å². The van der Waals surface area contributed by atoms with Crippen LogP contribution in [0.25, 0.3) is 0 Å². The fraction of sp³-hybridized carbons (Fsp3) is 0.250. The molecule has 0 aliphatic heterocycles. The Morgan fingerprint density at radius 3 is 2.68 bits per heavy atom. The molecule has 3 heteroatoms. The van der Waals surface area contributed by atoms with Gasteiger partial charge in [0.05, 0.1) is 0 Å². The summed E-state index contributed by atoms with van der Waals surface area (Å²) in [7, 11) is 0. The molecule has 1 N–H and O–H groups in total. The predicted molar refractivity (Wildman–Crippen MR) is 80.5 cm³/mol. The molecule has 0 bridgehead atoms. The van der Waals surface area contributed by atoms with Crippen LogP contribution in [0, 0.1) is 12.7 Å². The zero-order valence-electron chi connectivity index (χ0n) is 11.1. The highest BCUT2D eigenvalue weighted by molar-refractivity contribution is 9.10. The van der Waals surface area contributed by atoms with Gasteiger partial charge in [0.25, 0.3) is 0 Å². The lowest BCUT2D eigenvalue weighted by Crippen LogP contribution is -2.19. The summed E-state index contributed by atoms with van der Waals surface area (Å²) in [6.07, 6.45) is 0. The van der Waals surface area contributed by atoms with Crippen molar-refractivity contribution in [2.45, 2.75) is 26.4 Å². The standard InChI is InChI=1S/C16H17BrFN/c1-11-7-8-16(18)13(9-11)10-19-12(2)14-5-3-4-6-15(14)17/h3-9,12,19H,10H2,1-2H3/t12-/m0/s1. The summed E-state index contributed by atoms with van der Waals surface area (Å²) in [5.74, 6) is -0.155. The van der Waals surface area contributed by atoms with Gasteiger partial charge in [0.1, 0.15) is 5.82 Å². The molecular weight excluding hydrogens is 305 g/mol. The minimum absolute atomic E-state index is 0.155. The van der Waals surface area contributed by atoms with Crippen molar-refractivity contribution < 1.29 is 4.39 Å². The molecule has 2 aromatic rings. The van der Waals surface area contributed by atoms with E-state index in [2.05, 4.69) is 34.2 Å². The number of hydrogen-bond donors (Lipinski definition) is 1. The van der Waals surface area contributed by atoms with Crippen molar-refractivity contribution in [1.82, 2.24) is 5.32 Å². The first-order valence-corrected chi connectivity index (χ1v) is 7.10. The molecule has 0 saturated carbocycles. The molecule has 0 radical (unpaired) electrons. The predicted octanol–water partition coefficient (Wildman–Crippen LogP) is 4.75. The molecule has 2 aromatic carbocycles. The number of aryl methyl sites for hydroxylation is 1. The Bertz CT molecular complexity index is 568. The molecule has 0 aromatic heterocycles. The van der Waals surface area contributed by atoms with Crippen LogP contribution in [0.2, 0.25) is 0 Å². The van der Waals surface area contributed by atoms with Crippen LogP contribution in [0.1, 0.15) is 29.7 Å². The van der Waals surface area contributed by atoms with Gasteiger partial charge in [0.15, 0.2) is 0 Å². The van der Waals surface area contributed by atoms with Crippen molar-refractivity contribution in [3.63, 3.8) is 0 Å². The second kappa shape index (κ2) is 6.31. The minimum Gasteiger partial charge on any atom is -0.306 e. The van der Waals surface area contributed by atoms with E-state index < -0.39 is 0 Å². The summed E-state index contributed by atoms with van der Waals surface area (Å²) < 4.78 is 14.7. The third kappa shape index (κ3) is 3.64. The molecule has 100 valence electrons. The Kier molecular flexibility index (Phi) is 4.72. The first-order chi connectivity index (χ1) is 9.08. The van der Waals surface area contributed by atoms with Gasteiger partial charge in [0.2, 0.25) is 0 Å². The van der Waals surface area contributed by atoms with Crippen LogP contribution in [0.3, 0.4) is 0 Å². The highest BCUT2D eigenvalue weighted by Gasteiger charge is 2.09. The lowest BCUT2D eigenvalue weighted by atomic mass is 10.1. The Hall–Kier alpha value is -1.19. The third-order valence-electron chi connectivity index (χ3n) is 3.17. The molecule has 0 spiro atoms. The summed E-state index contributed by atoms with van der Waals surface area (Å²) in [4.78, 5) is 0. The van der Waals surface area contributed by atoms with Gasteiger partial charge in [-0.05, 0) is 31.5 Å². The molecule has 19 heavy (non-hydrogen) atoms. The van der Waals surface area contributed by atoms with E-state index >= 15 is 0 Å². The van der Waals surface area contributed by atoms with Gasteiger partial charge in [-0.2, -0.15) is 0 Å². The van der Waals surface area contributed by atoms with E-state index in [1.807, 2.05) is 31.2 Å². The van der Waals surface area contributed by atoms with Crippen molar-refractivity contribution in [2.24, 2.45) is 0 Å². The lowest BCUT2D eigenvalue weighted by molar-refractivity contribution is 0.543. The van der Waals surface area contributed by atoms with Gasteiger partial charge in [-0.1, -0.05) is 51.8 Å². The highest BCUT2D eigenvalue weighted by Crippen LogP contribution is 2.23. The zero-order chi connectivity index (χ0) is 13.8. The van der Waals surface area contributed by atoms with Crippen molar-refractivity contribution in [1.29, 1.82) is 0 Å². The summed E-state index contributed by atoms with van der Waals surface area (Å²) >= 11 is 3.54. The molecule has 0 saturated heterocycles. The summed E-state index contributed by atoms with van der Waals surface area (Å²) in [5, 5.41) is 3.35. The number of rotatable bonds is 4. The second-order valence-corrected chi connectivity index (χ2v) is 5.57. The van der Waals surface area contributed by atoms with E-state index in [0.29, 0.717) is 12.1 Å². The van der Waals surface area contributed by atoms with Crippen molar-refractivity contribution >= 4 is 15.9 Å². The van der Waals surface area contributed by atoms with Gasteiger partial charge in [-0.15, -0.1) is 0 Å². The molecule has 0 amide bonds. The number of halogens is 2. The topological polar surface area (TPSA) is 12.0 Å². The highest BCUT2D eigenvalue weighted by atomic mass is 79.9.